The van der Waals surface area contributed by atoms with Crippen LogP contribution in [0.15, 0.2) is 48.5 Å². The molecule has 0 saturated heterocycles. The summed E-state index contributed by atoms with van der Waals surface area (Å²) in [5, 5.41) is 0. The van der Waals surface area contributed by atoms with Gasteiger partial charge in [0.15, 0.2) is 11.5 Å². The molecule has 0 heterocycles. The molecule has 0 aliphatic rings. The molecule has 112 valence electrons. The van der Waals surface area contributed by atoms with Crippen molar-refractivity contribution in [3.8, 4) is 17.2 Å². The van der Waals surface area contributed by atoms with Crippen molar-refractivity contribution in [3.63, 3.8) is 0 Å². The Labute approximate surface area is 125 Å². The molecule has 0 saturated carbocycles. The third-order valence-electron chi connectivity index (χ3n) is 3.01. The van der Waals surface area contributed by atoms with Gasteiger partial charge in [0.1, 0.15) is 19.0 Å². The van der Waals surface area contributed by atoms with E-state index >= 15 is 0 Å². The molecule has 0 aliphatic carbocycles. The van der Waals surface area contributed by atoms with Crippen LogP contribution in [0, 0.1) is 0 Å². The number of para-hydroxylation sites is 1. The maximum Gasteiger partial charge on any atom is 0.161 e. The van der Waals surface area contributed by atoms with E-state index in [0.29, 0.717) is 19.8 Å². The highest BCUT2D eigenvalue weighted by atomic mass is 16.5. The zero-order valence-electron chi connectivity index (χ0n) is 12.2. The SMILES string of the molecule is COc1cc(CCN)ccc1OCCOc1ccccc1. The smallest absolute Gasteiger partial charge is 0.161 e. The predicted molar refractivity (Wildman–Crippen MR) is 83.2 cm³/mol. The van der Waals surface area contributed by atoms with E-state index in [4.69, 9.17) is 19.9 Å². The molecule has 0 amide bonds. The first-order chi connectivity index (χ1) is 10.3. The van der Waals surface area contributed by atoms with Crippen molar-refractivity contribution < 1.29 is 14.2 Å². The van der Waals surface area contributed by atoms with E-state index in [9.17, 15) is 0 Å². The molecular weight excluding hydrogens is 266 g/mol. The minimum absolute atomic E-state index is 0.460. The summed E-state index contributed by atoms with van der Waals surface area (Å²) in [7, 11) is 1.63. The van der Waals surface area contributed by atoms with Crippen LogP contribution in [0.2, 0.25) is 0 Å². The minimum atomic E-state index is 0.460. The summed E-state index contributed by atoms with van der Waals surface area (Å²) < 4.78 is 16.6. The quantitative estimate of drug-likeness (QED) is 0.758. The van der Waals surface area contributed by atoms with E-state index in [-0.39, 0.29) is 0 Å². The van der Waals surface area contributed by atoms with Gasteiger partial charge in [-0.2, -0.15) is 0 Å². The first-order valence-electron chi connectivity index (χ1n) is 7.01. The van der Waals surface area contributed by atoms with Crippen LogP contribution >= 0.6 is 0 Å². The minimum Gasteiger partial charge on any atom is -0.493 e. The van der Waals surface area contributed by atoms with Gasteiger partial charge in [-0.1, -0.05) is 24.3 Å². The van der Waals surface area contributed by atoms with Gasteiger partial charge in [0, 0.05) is 0 Å². The van der Waals surface area contributed by atoms with Crippen molar-refractivity contribution in [1.29, 1.82) is 0 Å². The van der Waals surface area contributed by atoms with Gasteiger partial charge < -0.3 is 19.9 Å². The monoisotopic (exact) mass is 287 g/mol. The fourth-order valence-corrected chi connectivity index (χ4v) is 1.98. The molecule has 2 N–H and O–H groups in total. The average molecular weight is 287 g/mol. The van der Waals surface area contributed by atoms with E-state index in [0.717, 1.165) is 29.2 Å². The Morgan fingerprint density at radius 1 is 0.905 bits per heavy atom. The highest BCUT2D eigenvalue weighted by Gasteiger charge is 2.05. The van der Waals surface area contributed by atoms with Crippen molar-refractivity contribution in [1.82, 2.24) is 0 Å². The fourth-order valence-electron chi connectivity index (χ4n) is 1.98. The van der Waals surface area contributed by atoms with Gasteiger partial charge in [0.25, 0.3) is 0 Å². The summed E-state index contributed by atoms with van der Waals surface area (Å²) in [5.41, 5.74) is 6.70. The van der Waals surface area contributed by atoms with E-state index < -0.39 is 0 Å². The van der Waals surface area contributed by atoms with Gasteiger partial charge in [-0.3, -0.25) is 0 Å². The van der Waals surface area contributed by atoms with E-state index in [2.05, 4.69) is 0 Å². The van der Waals surface area contributed by atoms with Crippen LogP contribution in [0.4, 0.5) is 0 Å². The lowest BCUT2D eigenvalue weighted by atomic mass is 10.1. The number of rotatable bonds is 8. The lowest BCUT2D eigenvalue weighted by Crippen LogP contribution is -2.10. The normalized spacial score (nSPS) is 10.2. The largest absolute Gasteiger partial charge is 0.493 e. The van der Waals surface area contributed by atoms with Crippen molar-refractivity contribution >= 4 is 0 Å². The second-order valence-electron chi connectivity index (χ2n) is 4.53. The second-order valence-corrected chi connectivity index (χ2v) is 4.53. The number of benzene rings is 2. The Kier molecular flexibility index (Phi) is 5.91. The van der Waals surface area contributed by atoms with Crippen molar-refractivity contribution in [2.24, 2.45) is 5.73 Å². The van der Waals surface area contributed by atoms with Crippen LogP contribution in [0.5, 0.6) is 17.2 Å². The molecule has 2 aromatic carbocycles. The number of methoxy groups -OCH3 is 1. The Balaban J connectivity index is 1.85. The first kappa shape index (κ1) is 15.2. The Bertz CT molecular complexity index is 543. The number of ether oxygens (including phenoxy) is 3. The highest BCUT2D eigenvalue weighted by molar-refractivity contribution is 5.43. The number of nitrogens with two attached hydrogens (primary N) is 1. The van der Waals surface area contributed by atoms with Crippen LogP contribution in [0.25, 0.3) is 0 Å². The molecule has 0 fully saturated rings. The first-order valence-corrected chi connectivity index (χ1v) is 7.01. The number of hydrogen-bond donors (Lipinski definition) is 1. The van der Waals surface area contributed by atoms with Crippen LogP contribution in [0.3, 0.4) is 0 Å². The van der Waals surface area contributed by atoms with Gasteiger partial charge in [0.2, 0.25) is 0 Å². The van der Waals surface area contributed by atoms with E-state index in [1.807, 2.05) is 48.5 Å². The van der Waals surface area contributed by atoms with E-state index in [1.54, 1.807) is 7.11 Å². The predicted octanol–water partition coefficient (Wildman–Crippen LogP) is 2.65. The molecule has 0 aromatic heterocycles. The standard InChI is InChI=1S/C17H21NO3/c1-19-17-13-14(9-10-18)7-8-16(17)21-12-11-20-15-5-3-2-4-6-15/h2-8,13H,9-12,18H2,1H3. The van der Waals surface area contributed by atoms with Gasteiger partial charge in [-0.25, -0.2) is 0 Å². The maximum atomic E-state index is 5.70. The van der Waals surface area contributed by atoms with Crippen LogP contribution in [0.1, 0.15) is 5.56 Å². The summed E-state index contributed by atoms with van der Waals surface area (Å²) in [6, 6.07) is 15.5. The lowest BCUT2D eigenvalue weighted by Gasteiger charge is -2.12. The molecule has 0 atom stereocenters. The molecule has 0 spiro atoms. The fraction of sp³-hybridized carbons (Fsp3) is 0.294. The second kappa shape index (κ2) is 8.17. The summed E-state index contributed by atoms with van der Waals surface area (Å²) >= 11 is 0. The van der Waals surface area contributed by atoms with Gasteiger partial charge in [-0.05, 0) is 42.8 Å². The number of hydrogen-bond acceptors (Lipinski definition) is 4. The average Bonchev–Trinajstić information content (AvgIpc) is 2.53. The summed E-state index contributed by atoms with van der Waals surface area (Å²) in [4.78, 5) is 0. The molecule has 0 aliphatic heterocycles. The molecule has 4 nitrogen and oxygen atoms in total. The Morgan fingerprint density at radius 3 is 2.38 bits per heavy atom. The molecule has 2 rings (SSSR count). The topological polar surface area (TPSA) is 53.7 Å². The van der Waals surface area contributed by atoms with Crippen molar-refractivity contribution in [3.05, 3.63) is 54.1 Å². The summed E-state index contributed by atoms with van der Waals surface area (Å²) in [6.07, 6.45) is 0.827. The molecular formula is C17H21NO3. The summed E-state index contributed by atoms with van der Waals surface area (Å²) in [6.45, 7) is 1.56. The molecule has 0 unspecified atom stereocenters. The summed E-state index contributed by atoms with van der Waals surface area (Å²) in [5.74, 6) is 2.28. The third kappa shape index (κ3) is 4.68. The van der Waals surface area contributed by atoms with Crippen LogP contribution < -0.4 is 19.9 Å². The third-order valence-corrected chi connectivity index (χ3v) is 3.01. The van der Waals surface area contributed by atoms with Crippen molar-refractivity contribution in [2.75, 3.05) is 26.9 Å². The van der Waals surface area contributed by atoms with E-state index in [1.165, 1.54) is 0 Å². The van der Waals surface area contributed by atoms with Gasteiger partial charge >= 0.3 is 0 Å². The van der Waals surface area contributed by atoms with Crippen LogP contribution in [-0.2, 0) is 6.42 Å². The molecule has 21 heavy (non-hydrogen) atoms. The lowest BCUT2D eigenvalue weighted by molar-refractivity contribution is 0.211. The van der Waals surface area contributed by atoms with Crippen molar-refractivity contribution in [2.45, 2.75) is 6.42 Å². The highest BCUT2D eigenvalue weighted by Crippen LogP contribution is 2.28. The Morgan fingerprint density at radius 2 is 1.67 bits per heavy atom. The molecule has 2 aromatic rings. The molecule has 4 heteroatoms. The van der Waals surface area contributed by atoms with Crippen LogP contribution in [-0.4, -0.2) is 26.9 Å². The molecule has 0 radical (unpaired) electrons. The van der Waals surface area contributed by atoms with Gasteiger partial charge in [0.05, 0.1) is 7.11 Å². The maximum absolute atomic E-state index is 5.70. The Hall–Kier alpha value is -2.20. The zero-order valence-corrected chi connectivity index (χ0v) is 12.2. The zero-order chi connectivity index (χ0) is 14.9. The van der Waals surface area contributed by atoms with Gasteiger partial charge in [-0.15, -0.1) is 0 Å². The molecule has 0 bridgehead atoms.